The van der Waals surface area contributed by atoms with Gasteiger partial charge in [0.2, 0.25) is 0 Å². The van der Waals surface area contributed by atoms with E-state index in [4.69, 9.17) is 4.74 Å². The highest BCUT2D eigenvalue weighted by molar-refractivity contribution is 5.95. The summed E-state index contributed by atoms with van der Waals surface area (Å²) in [6.07, 6.45) is 16.8. The van der Waals surface area contributed by atoms with E-state index in [1.165, 1.54) is 83.8 Å². The van der Waals surface area contributed by atoms with E-state index in [2.05, 4.69) is 17.3 Å². The van der Waals surface area contributed by atoms with Gasteiger partial charge in [-0.2, -0.15) is 5.10 Å². The van der Waals surface area contributed by atoms with Crippen LogP contribution in [-0.4, -0.2) is 28.8 Å². The summed E-state index contributed by atoms with van der Waals surface area (Å²) in [7, 11) is 1.51. The summed E-state index contributed by atoms with van der Waals surface area (Å²) in [5.41, 5.74) is 0.0924. The Kier molecular flexibility index (Phi) is 7.90. The Balaban J connectivity index is 1.60. The molecule has 0 radical (unpaired) electrons. The number of rotatable bonds is 6. The number of carbonyl (C=O) groups is 1. The van der Waals surface area contributed by atoms with Crippen LogP contribution in [0, 0.1) is 17.8 Å². The van der Waals surface area contributed by atoms with Crippen molar-refractivity contribution in [3.63, 3.8) is 0 Å². The van der Waals surface area contributed by atoms with Crippen LogP contribution in [0.5, 0.6) is 5.75 Å². The Morgan fingerprint density at radius 1 is 0.969 bits per heavy atom. The number of carbonyl (C=O) groups excluding carboxylic acids is 1. The van der Waals surface area contributed by atoms with Crippen molar-refractivity contribution in [2.24, 2.45) is 17.8 Å². The zero-order chi connectivity index (χ0) is 22.5. The minimum Gasteiger partial charge on any atom is -0.494 e. The third kappa shape index (κ3) is 5.20. The fraction of sp³-hybridized carbons (Fsp3) is 0.808. The van der Waals surface area contributed by atoms with Gasteiger partial charge < -0.3 is 10.1 Å². The minimum absolute atomic E-state index is 0.0567. The standard InChI is InChI=1S/C26H41N3O3/c1-18-11-9-10-16-21(18)29-23(30)17-22(32-2)25(28-29)26(31)27-24(19-12-5-3-6-13-19)20-14-7-4-8-15-20/h17-21,24H,3-16H2,1-2H3,(H,27,31). The molecule has 3 aliphatic carbocycles. The number of nitrogens with one attached hydrogen (secondary N) is 1. The van der Waals surface area contributed by atoms with E-state index in [-0.39, 0.29) is 29.2 Å². The predicted molar refractivity (Wildman–Crippen MR) is 126 cm³/mol. The molecule has 1 aromatic heterocycles. The molecule has 0 bridgehead atoms. The van der Waals surface area contributed by atoms with Gasteiger partial charge in [0.1, 0.15) is 0 Å². The molecule has 0 spiro atoms. The molecule has 3 saturated carbocycles. The molecular weight excluding hydrogens is 402 g/mol. The van der Waals surface area contributed by atoms with Crippen LogP contribution in [0.2, 0.25) is 0 Å². The van der Waals surface area contributed by atoms with Crippen LogP contribution in [0.4, 0.5) is 0 Å². The van der Waals surface area contributed by atoms with E-state index in [9.17, 15) is 9.59 Å². The van der Waals surface area contributed by atoms with Crippen molar-refractivity contribution in [2.75, 3.05) is 7.11 Å². The van der Waals surface area contributed by atoms with Crippen molar-refractivity contribution in [1.29, 1.82) is 0 Å². The Morgan fingerprint density at radius 2 is 1.53 bits per heavy atom. The molecule has 1 amide bonds. The molecule has 2 atom stereocenters. The molecule has 0 aromatic carbocycles. The number of amides is 1. The maximum absolute atomic E-state index is 13.6. The third-order valence-corrected chi connectivity index (χ3v) is 8.35. The first-order chi connectivity index (χ1) is 15.6. The fourth-order valence-electron chi connectivity index (χ4n) is 6.49. The molecule has 1 heterocycles. The topological polar surface area (TPSA) is 73.2 Å². The van der Waals surface area contributed by atoms with Crippen LogP contribution in [0.15, 0.2) is 10.9 Å². The van der Waals surface area contributed by atoms with Crippen LogP contribution < -0.4 is 15.6 Å². The molecule has 6 nitrogen and oxygen atoms in total. The summed E-state index contributed by atoms with van der Waals surface area (Å²) in [5.74, 6) is 1.59. The zero-order valence-electron chi connectivity index (χ0n) is 20.0. The SMILES string of the molecule is COc1cc(=O)n(C2CCCCC2C)nc1C(=O)NC(C1CCCCC1)C1CCCCC1. The van der Waals surface area contributed by atoms with Crippen LogP contribution >= 0.6 is 0 Å². The van der Waals surface area contributed by atoms with E-state index in [1.807, 2.05) is 0 Å². The second-order valence-corrected chi connectivity index (χ2v) is 10.5. The molecule has 1 N–H and O–H groups in total. The van der Waals surface area contributed by atoms with Gasteiger partial charge in [0, 0.05) is 12.1 Å². The molecule has 4 rings (SSSR count). The maximum atomic E-state index is 13.6. The lowest BCUT2D eigenvalue weighted by molar-refractivity contribution is 0.0847. The first-order valence-electron chi connectivity index (χ1n) is 13.1. The normalized spacial score (nSPS) is 25.6. The van der Waals surface area contributed by atoms with Crippen LogP contribution in [0.25, 0.3) is 0 Å². The average Bonchev–Trinajstić information content (AvgIpc) is 2.84. The summed E-state index contributed by atoms with van der Waals surface area (Å²) < 4.78 is 7.02. The Hall–Kier alpha value is -1.85. The number of aromatic nitrogens is 2. The quantitative estimate of drug-likeness (QED) is 0.651. The second kappa shape index (κ2) is 10.8. The summed E-state index contributed by atoms with van der Waals surface area (Å²) >= 11 is 0. The van der Waals surface area contributed by atoms with Crippen LogP contribution in [0.1, 0.15) is 113 Å². The van der Waals surface area contributed by atoms with Gasteiger partial charge in [-0.1, -0.05) is 58.3 Å². The number of hydrogen-bond acceptors (Lipinski definition) is 4. The number of methoxy groups -OCH3 is 1. The van der Waals surface area contributed by atoms with Gasteiger partial charge in [-0.25, -0.2) is 4.68 Å². The van der Waals surface area contributed by atoms with E-state index in [0.717, 1.165) is 19.3 Å². The lowest BCUT2D eigenvalue weighted by Crippen LogP contribution is -2.47. The third-order valence-electron chi connectivity index (χ3n) is 8.35. The van der Waals surface area contributed by atoms with E-state index in [1.54, 1.807) is 4.68 Å². The Bertz CT molecular complexity index is 806. The van der Waals surface area contributed by atoms with Gasteiger partial charge in [-0.15, -0.1) is 0 Å². The lowest BCUT2D eigenvalue weighted by atomic mass is 9.73. The first kappa shape index (κ1) is 23.3. The predicted octanol–water partition coefficient (Wildman–Crippen LogP) is 5.26. The molecule has 2 unspecified atom stereocenters. The minimum atomic E-state index is -0.180. The van der Waals surface area contributed by atoms with E-state index >= 15 is 0 Å². The largest absolute Gasteiger partial charge is 0.494 e. The number of hydrogen-bond donors (Lipinski definition) is 1. The van der Waals surface area contributed by atoms with E-state index in [0.29, 0.717) is 23.5 Å². The molecule has 32 heavy (non-hydrogen) atoms. The molecular formula is C26H41N3O3. The molecule has 0 saturated heterocycles. The monoisotopic (exact) mass is 443 g/mol. The highest BCUT2D eigenvalue weighted by atomic mass is 16.5. The fourth-order valence-corrected chi connectivity index (χ4v) is 6.49. The molecule has 178 valence electrons. The van der Waals surface area contributed by atoms with Gasteiger partial charge in [0.25, 0.3) is 11.5 Å². The van der Waals surface area contributed by atoms with Gasteiger partial charge in [0.05, 0.1) is 13.2 Å². The van der Waals surface area contributed by atoms with Crippen LogP contribution in [0.3, 0.4) is 0 Å². The van der Waals surface area contributed by atoms with E-state index < -0.39 is 0 Å². The molecule has 0 aliphatic heterocycles. The highest BCUT2D eigenvalue weighted by Gasteiger charge is 2.34. The van der Waals surface area contributed by atoms with Crippen molar-refractivity contribution < 1.29 is 9.53 Å². The lowest BCUT2D eigenvalue weighted by Gasteiger charge is -2.38. The molecule has 6 heteroatoms. The number of nitrogens with zero attached hydrogens (tertiary/aromatic N) is 2. The zero-order valence-corrected chi connectivity index (χ0v) is 20.0. The Labute approximate surface area is 192 Å². The van der Waals surface area contributed by atoms with Crippen molar-refractivity contribution in [3.05, 3.63) is 22.1 Å². The molecule has 3 fully saturated rings. The first-order valence-corrected chi connectivity index (χ1v) is 13.1. The average molecular weight is 444 g/mol. The van der Waals surface area contributed by atoms with Crippen molar-refractivity contribution in [2.45, 2.75) is 109 Å². The number of ether oxygens (including phenoxy) is 1. The van der Waals surface area contributed by atoms with Crippen molar-refractivity contribution in [1.82, 2.24) is 15.1 Å². The Morgan fingerprint density at radius 3 is 2.09 bits per heavy atom. The smallest absolute Gasteiger partial charge is 0.275 e. The van der Waals surface area contributed by atoms with Crippen LogP contribution in [-0.2, 0) is 0 Å². The summed E-state index contributed by atoms with van der Waals surface area (Å²) in [4.78, 5) is 26.4. The van der Waals surface area contributed by atoms with Gasteiger partial charge in [-0.05, 0) is 56.3 Å². The maximum Gasteiger partial charge on any atom is 0.275 e. The van der Waals surface area contributed by atoms with Gasteiger partial charge in [-0.3, -0.25) is 9.59 Å². The van der Waals surface area contributed by atoms with Crippen molar-refractivity contribution >= 4 is 5.91 Å². The van der Waals surface area contributed by atoms with Gasteiger partial charge >= 0.3 is 0 Å². The summed E-state index contributed by atoms with van der Waals surface area (Å²) in [6.45, 7) is 2.18. The molecule has 3 aliphatic rings. The van der Waals surface area contributed by atoms with Gasteiger partial charge in [0.15, 0.2) is 11.4 Å². The second-order valence-electron chi connectivity index (χ2n) is 10.5. The summed E-state index contributed by atoms with van der Waals surface area (Å²) in [5, 5.41) is 8.04. The summed E-state index contributed by atoms with van der Waals surface area (Å²) in [6, 6.07) is 1.71. The molecule has 1 aromatic rings. The highest BCUT2D eigenvalue weighted by Crippen LogP contribution is 2.36. The van der Waals surface area contributed by atoms with Crippen molar-refractivity contribution in [3.8, 4) is 5.75 Å².